The Morgan fingerprint density at radius 2 is 1.55 bits per heavy atom. The van der Waals surface area contributed by atoms with E-state index in [1.807, 2.05) is 54.6 Å². The number of thioether (sulfide) groups is 1. The fraction of sp³-hybridized carbons (Fsp3) is 0.167. The lowest BCUT2D eigenvalue weighted by Gasteiger charge is -2.08. The Morgan fingerprint density at radius 1 is 0.862 bits per heavy atom. The molecule has 150 valence electrons. The van der Waals surface area contributed by atoms with E-state index in [2.05, 4.69) is 0 Å². The van der Waals surface area contributed by atoms with Crippen molar-refractivity contribution in [2.45, 2.75) is 30.8 Å². The van der Waals surface area contributed by atoms with Gasteiger partial charge >= 0.3 is 0 Å². The van der Waals surface area contributed by atoms with Crippen LogP contribution in [-0.4, -0.2) is 6.43 Å². The Kier molecular flexibility index (Phi) is 7.82. The lowest BCUT2D eigenvalue weighted by atomic mass is 10.1. The molecule has 0 heterocycles. The summed E-state index contributed by atoms with van der Waals surface area (Å²) in [4.78, 5) is 0.581. The fourth-order valence-electron chi connectivity index (χ4n) is 2.69. The highest BCUT2D eigenvalue weighted by molar-refractivity contribution is 8.03. The smallest absolute Gasteiger partial charge is 0.269 e. The first-order valence-electron chi connectivity index (χ1n) is 9.27. The van der Waals surface area contributed by atoms with Gasteiger partial charge in [0.25, 0.3) is 6.43 Å². The van der Waals surface area contributed by atoms with Crippen LogP contribution in [0.15, 0.2) is 94.7 Å². The summed E-state index contributed by atoms with van der Waals surface area (Å²) < 4.78 is 45.3. The van der Waals surface area contributed by atoms with Crippen LogP contribution in [0.2, 0.25) is 0 Å². The largest absolute Gasteiger partial charge is 0.489 e. The normalized spacial score (nSPS) is 11.7. The van der Waals surface area contributed by atoms with E-state index < -0.39 is 6.43 Å². The van der Waals surface area contributed by atoms with Gasteiger partial charge in [-0.05, 0) is 60.4 Å². The van der Waals surface area contributed by atoms with Gasteiger partial charge in [0.05, 0.1) is 4.91 Å². The molecular formula is C24H21F3OS. The standard InChI is InChI=1S/C24H21F3OS/c25-20-11-15-22(16-12-20)29-23(24(26)27)8-4-7-18-9-13-21(14-10-18)28-17-19-5-2-1-3-6-19/h1-3,5-6,8-16,24H,4,7,17H2/b23-8-. The summed E-state index contributed by atoms with van der Waals surface area (Å²) >= 11 is 0.972. The SMILES string of the molecule is Fc1ccc(S/C(=C\CCc2ccc(OCc3ccccc3)cc2)C(F)F)cc1. The summed E-state index contributed by atoms with van der Waals surface area (Å²) in [6, 6.07) is 23.1. The summed E-state index contributed by atoms with van der Waals surface area (Å²) in [7, 11) is 0. The van der Waals surface area contributed by atoms with Crippen molar-refractivity contribution in [3.8, 4) is 5.75 Å². The van der Waals surface area contributed by atoms with Crippen molar-refractivity contribution in [2.75, 3.05) is 0 Å². The number of hydrogen-bond acceptors (Lipinski definition) is 2. The molecule has 0 amide bonds. The van der Waals surface area contributed by atoms with E-state index in [4.69, 9.17) is 4.74 Å². The maximum atomic E-state index is 13.3. The number of rotatable bonds is 9. The Bertz CT molecular complexity index is 907. The Labute approximate surface area is 173 Å². The number of hydrogen-bond donors (Lipinski definition) is 0. The molecule has 0 N–H and O–H groups in total. The maximum Gasteiger partial charge on any atom is 0.269 e. The Balaban J connectivity index is 1.51. The number of alkyl halides is 2. The zero-order valence-electron chi connectivity index (χ0n) is 15.7. The molecule has 0 atom stereocenters. The van der Waals surface area contributed by atoms with Gasteiger partial charge in [0, 0.05) is 4.90 Å². The third kappa shape index (κ3) is 7.02. The van der Waals surface area contributed by atoms with Crippen LogP contribution < -0.4 is 4.74 Å². The highest BCUT2D eigenvalue weighted by atomic mass is 32.2. The van der Waals surface area contributed by atoms with Crippen molar-refractivity contribution in [3.63, 3.8) is 0 Å². The van der Waals surface area contributed by atoms with Crippen molar-refractivity contribution < 1.29 is 17.9 Å². The van der Waals surface area contributed by atoms with E-state index >= 15 is 0 Å². The predicted octanol–water partition coefficient (Wildman–Crippen LogP) is 7.28. The molecule has 0 saturated carbocycles. The molecule has 0 aliphatic rings. The zero-order chi connectivity index (χ0) is 20.5. The molecule has 1 nitrogen and oxygen atoms in total. The summed E-state index contributed by atoms with van der Waals surface area (Å²) in [5.41, 5.74) is 2.15. The number of aryl methyl sites for hydroxylation is 1. The minimum Gasteiger partial charge on any atom is -0.489 e. The van der Waals surface area contributed by atoms with Crippen LogP contribution in [0.1, 0.15) is 17.5 Å². The minimum atomic E-state index is -2.56. The van der Waals surface area contributed by atoms with Gasteiger partial charge in [-0.3, -0.25) is 0 Å². The van der Waals surface area contributed by atoms with Crippen molar-refractivity contribution in [2.24, 2.45) is 0 Å². The van der Waals surface area contributed by atoms with E-state index in [1.54, 1.807) is 6.08 Å². The maximum absolute atomic E-state index is 13.3. The van der Waals surface area contributed by atoms with Gasteiger partial charge in [0.15, 0.2) is 0 Å². The molecule has 0 aliphatic heterocycles. The van der Waals surface area contributed by atoms with Crippen LogP contribution in [0.4, 0.5) is 13.2 Å². The molecule has 5 heteroatoms. The van der Waals surface area contributed by atoms with E-state index in [0.29, 0.717) is 24.3 Å². The molecule has 0 aromatic heterocycles. The van der Waals surface area contributed by atoms with Crippen molar-refractivity contribution in [1.82, 2.24) is 0 Å². The molecule has 0 unspecified atom stereocenters. The lowest BCUT2D eigenvalue weighted by molar-refractivity contribution is 0.199. The van der Waals surface area contributed by atoms with Crippen LogP contribution >= 0.6 is 11.8 Å². The molecule has 0 aliphatic carbocycles. The van der Waals surface area contributed by atoms with Crippen LogP contribution in [0.5, 0.6) is 5.75 Å². The molecule has 0 spiro atoms. The fourth-order valence-corrected chi connectivity index (χ4v) is 3.52. The number of allylic oxidation sites excluding steroid dienone is 2. The molecule has 3 aromatic carbocycles. The number of benzene rings is 3. The summed E-state index contributed by atoms with van der Waals surface area (Å²) in [5.74, 6) is 0.390. The first-order valence-corrected chi connectivity index (χ1v) is 10.1. The summed E-state index contributed by atoms with van der Waals surface area (Å²) in [5, 5.41) is 0. The van der Waals surface area contributed by atoms with Gasteiger partial charge in [0.1, 0.15) is 18.2 Å². The average molecular weight is 414 g/mol. The van der Waals surface area contributed by atoms with Crippen LogP contribution in [-0.2, 0) is 13.0 Å². The molecule has 0 fully saturated rings. The first-order chi connectivity index (χ1) is 14.1. The highest BCUT2D eigenvalue weighted by Crippen LogP contribution is 2.31. The van der Waals surface area contributed by atoms with Crippen molar-refractivity contribution in [3.05, 3.63) is 107 Å². The van der Waals surface area contributed by atoms with E-state index in [9.17, 15) is 13.2 Å². The second kappa shape index (κ2) is 10.8. The molecular weight excluding hydrogens is 393 g/mol. The van der Waals surface area contributed by atoms with Gasteiger partial charge in [0.2, 0.25) is 0 Å². The van der Waals surface area contributed by atoms with Gasteiger partial charge in [-0.2, -0.15) is 0 Å². The third-order valence-electron chi connectivity index (χ3n) is 4.21. The highest BCUT2D eigenvalue weighted by Gasteiger charge is 2.12. The summed E-state index contributed by atoms with van der Waals surface area (Å²) in [6.45, 7) is 0.501. The summed E-state index contributed by atoms with van der Waals surface area (Å²) in [6.07, 6.45) is 0.147. The Morgan fingerprint density at radius 3 is 2.21 bits per heavy atom. The lowest BCUT2D eigenvalue weighted by Crippen LogP contribution is -1.95. The molecule has 29 heavy (non-hydrogen) atoms. The molecule has 0 radical (unpaired) electrons. The van der Waals surface area contributed by atoms with Crippen LogP contribution in [0, 0.1) is 5.82 Å². The molecule has 3 rings (SSSR count). The monoisotopic (exact) mass is 414 g/mol. The van der Waals surface area contributed by atoms with Gasteiger partial charge < -0.3 is 4.74 Å². The zero-order valence-corrected chi connectivity index (χ0v) is 16.5. The minimum absolute atomic E-state index is 0.0144. The van der Waals surface area contributed by atoms with Crippen LogP contribution in [0.3, 0.4) is 0 Å². The number of halogens is 3. The molecule has 0 saturated heterocycles. The van der Waals surface area contributed by atoms with Crippen molar-refractivity contribution in [1.29, 1.82) is 0 Å². The van der Waals surface area contributed by atoms with E-state index in [1.165, 1.54) is 24.3 Å². The predicted molar refractivity (Wildman–Crippen MR) is 112 cm³/mol. The second-order valence-electron chi connectivity index (χ2n) is 6.42. The van der Waals surface area contributed by atoms with Crippen molar-refractivity contribution >= 4 is 11.8 Å². The van der Waals surface area contributed by atoms with Gasteiger partial charge in [-0.25, -0.2) is 13.2 Å². The quantitative estimate of drug-likeness (QED) is 0.340. The third-order valence-corrected chi connectivity index (χ3v) is 5.30. The van der Waals surface area contributed by atoms with Gasteiger partial charge in [-0.15, -0.1) is 0 Å². The topological polar surface area (TPSA) is 9.23 Å². The van der Waals surface area contributed by atoms with E-state index in [0.717, 1.165) is 28.6 Å². The molecule has 3 aromatic rings. The number of ether oxygens (including phenoxy) is 1. The Hall–Kier alpha value is -2.66. The first kappa shape index (κ1) is 21.1. The average Bonchev–Trinajstić information content (AvgIpc) is 2.74. The van der Waals surface area contributed by atoms with Crippen LogP contribution in [0.25, 0.3) is 0 Å². The van der Waals surface area contributed by atoms with E-state index in [-0.39, 0.29) is 10.7 Å². The van der Waals surface area contributed by atoms with Gasteiger partial charge in [-0.1, -0.05) is 60.3 Å². The molecule has 0 bridgehead atoms. The second-order valence-corrected chi connectivity index (χ2v) is 7.57.